The van der Waals surface area contributed by atoms with Gasteiger partial charge in [-0.25, -0.2) is 9.59 Å². The summed E-state index contributed by atoms with van der Waals surface area (Å²) < 4.78 is 11.1. The molecule has 226 valence electrons. The lowest BCUT2D eigenvalue weighted by Gasteiger charge is -2.14. The Hall–Kier alpha value is -3.15. The molecule has 0 radical (unpaired) electrons. The summed E-state index contributed by atoms with van der Waals surface area (Å²) in [6.07, 6.45) is 17.3. The van der Waals surface area contributed by atoms with Crippen molar-refractivity contribution in [2.75, 3.05) is 0 Å². The minimum atomic E-state index is -1.08. The number of rotatable bonds is 21. The van der Waals surface area contributed by atoms with Gasteiger partial charge in [0.05, 0.1) is 17.2 Å². The largest absolute Gasteiger partial charge is 0.478 e. The van der Waals surface area contributed by atoms with Gasteiger partial charge in [-0.1, -0.05) is 103 Å². The summed E-state index contributed by atoms with van der Waals surface area (Å²) in [5.41, 5.74) is 1.54. The number of ether oxygens (including phenoxy) is 2. The molecule has 1 N–H and O–H groups in total. The molecule has 41 heavy (non-hydrogen) atoms. The van der Waals surface area contributed by atoms with Crippen molar-refractivity contribution in [3.63, 3.8) is 0 Å². The van der Waals surface area contributed by atoms with E-state index in [1.807, 2.05) is 6.92 Å². The Morgan fingerprint density at radius 3 is 1.88 bits per heavy atom. The maximum atomic E-state index is 12.6. The van der Waals surface area contributed by atoms with Crippen molar-refractivity contribution in [1.29, 1.82) is 0 Å². The first-order valence-electron chi connectivity index (χ1n) is 15.7. The van der Waals surface area contributed by atoms with E-state index in [0.717, 1.165) is 38.5 Å². The second kappa shape index (κ2) is 19.8. The van der Waals surface area contributed by atoms with Gasteiger partial charge in [0.1, 0.15) is 5.75 Å². The van der Waals surface area contributed by atoms with Crippen LogP contribution in [0.4, 0.5) is 0 Å². The fraction of sp³-hybridized carbons (Fsp3) is 0.571. The van der Waals surface area contributed by atoms with E-state index in [2.05, 4.69) is 13.8 Å². The molecule has 0 saturated carbocycles. The highest BCUT2D eigenvalue weighted by Crippen LogP contribution is 2.29. The lowest BCUT2D eigenvalue weighted by molar-refractivity contribution is -0.134. The summed E-state index contributed by atoms with van der Waals surface area (Å²) >= 11 is 0. The molecule has 0 spiro atoms. The van der Waals surface area contributed by atoms with Crippen LogP contribution in [0.1, 0.15) is 144 Å². The highest BCUT2D eigenvalue weighted by molar-refractivity contribution is 5.97. The van der Waals surface area contributed by atoms with E-state index in [0.29, 0.717) is 28.9 Å². The molecule has 0 fully saturated rings. The quantitative estimate of drug-likeness (QED) is 0.0919. The number of carbonyl (C=O) groups is 3. The van der Waals surface area contributed by atoms with E-state index < -0.39 is 11.9 Å². The number of aromatic carboxylic acids is 1. The van der Waals surface area contributed by atoms with E-state index in [1.54, 1.807) is 30.3 Å². The minimum absolute atomic E-state index is 0.0933. The average Bonchev–Trinajstić information content (AvgIpc) is 2.96. The molecule has 0 aliphatic carbocycles. The van der Waals surface area contributed by atoms with Crippen LogP contribution in [0.15, 0.2) is 42.5 Å². The van der Waals surface area contributed by atoms with Gasteiger partial charge >= 0.3 is 17.9 Å². The normalized spacial score (nSPS) is 11.7. The van der Waals surface area contributed by atoms with E-state index in [9.17, 15) is 19.5 Å². The van der Waals surface area contributed by atoms with Crippen LogP contribution in [-0.2, 0) is 9.53 Å². The van der Waals surface area contributed by atoms with Gasteiger partial charge in [0.2, 0.25) is 0 Å². The minimum Gasteiger partial charge on any atom is -0.478 e. The number of esters is 2. The van der Waals surface area contributed by atoms with Crippen molar-refractivity contribution >= 4 is 17.9 Å². The molecule has 6 heteroatoms. The number of carbonyl (C=O) groups excluding carboxylic acids is 2. The van der Waals surface area contributed by atoms with Crippen LogP contribution < -0.4 is 4.74 Å². The Bertz CT molecular complexity index is 1060. The number of unbranched alkanes of at least 4 members (excludes halogenated alkanes) is 12. The summed E-state index contributed by atoms with van der Waals surface area (Å²) in [7, 11) is 0. The molecule has 1 atom stereocenters. The summed E-state index contributed by atoms with van der Waals surface area (Å²) in [6.45, 7) is 6.32. The van der Waals surface area contributed by atoms with Crippen LogP contribution in [0.2, 0.25) is 0 Å². The number of hydrogen-bond acceptors (Lipinski definition) is 5. The standard InChI is InChI=1S/C35H50O6/c1-4-6-8-10-12-13-15-17-19-33(36)41-30-24-25-31(34(37)38)32(26-30)28-20-22-29(23-21-28)35(39)40-27(3)18-16-14-11-9-7-5-2/h20-27H,4-19H2,1-3H3,(H,37,38)/t27-/m1/s1. The molecule has 2 aromatic carbocycles. The van der Waals surface area contributed by atoms with Gasteiger partial charge in [-0.15, -0.1) is 0 Å². The summed E-state index contributed by atoms with van der Waals surface area (Å²) in [5, 5.41) is 9.73. The van der Waals surface area contributed by atoms with E-state index in [1.165, 1.54) is 69.9 Å². The highest BCUT2D eigenvalue weighted by atomic mass is 16.5. The fourth-order valence-electron chi connectivity index (χ4n) is 4.91. The van der Waals surface area contributed by atoms with Crippen molar-refractivity contribution in [2.24, 2.45) is 0 Å². The van der Waals surface area contributed by atoms with Crippen molar-refractivity contribution < 1.29 is 29.0 Å². The molecule has 0 heterocycles. The Labute approximate surface area is 246 Å². The monoisotopic (exact) mass is 566 g/mol. The van der Waals surface area contributed by atoms with Crippen LogP contribution in [0.25, 0.3) is 11.1 Å². The first-order valence-corrected chi connectivity index (χ1v) is 15.7. The van der Waals surface area contributed by atoms with Crippen LogP contribution in [0.3, 0.4) is 0 Å². The molecule has 0 bridgehead atoms. The topological polar surface area (TPSA) is 89.9 Å². The van der Waals surface area contributed by atoms with Crippen LogP contribution in [0, 0.1) is 0 Å². The SMILES string of the molecule is CCCCCCCCCCC(=O)Oc1ccc(C(=O)O)c(-c2ccc(C(=O)O[C@H](C)CCCCCCCC)cc2)c1. The number of carboxylic acids is 1. The lowest BCUT2D eigenvalue weighted by atomic mass is 9.98. The highest BCUT2D eigenvalue weighted by Gasteiger charge is 2.17. The van der Waals surface area contributed by atoms with Crippen molar-refractivity contribution in [2.45, 2.75) is 130 Å². The molecule has 0 aliphatic heterocycles. The third-order valence-corrected chi connectivity index (χ3v) is 7.39. The van der Waals surface area contributed by atoms with Crippen LogP contribution in [-0.4, -0.2) is 29.1 Å². The molecular formula is C35H50O6. The third-order valence-electron chi connectivity index (χ3n) is 7.39. The third kappa shape index (κ3) is 13.4. The summed E-state index contributed by atoms with van der Waals surface area (Å²) in [5.74, 6) is -1.49. The van der Waals surface area contributed by atoms with E-state index >= 15 is 0 Å². The zero-order valence-electron chi connectivity index (χ0n) is 25.4. The van der Waals surface area contributed by atoms with E-state index in [4.69, 9.17) is 9.47 Å². The van der Waals surface area contributed by atoms with Crippen molar-refractivity contribution in [1.82, 2.24) is 0 Å². The summed E-state index contributed by atoms with van der Waals surface area (Å²) in [6, 6.07) is 11.2. The molecule has 2 rings (SSSR count). The molecule has 0 unspecified atom stereocenters. The van der Waals surface area contributed by atoms with Gasteiger partial charge in [-0.3, -0.25) is 4.79 Å². The Morgan fingerprint density at radius 1 is 0.732 bits per heavy atom. The zero-order valence-corrected chi connectivity index (χ0v) is 25.4. The van der Waals surface area contributed by atoms with Crippen molar-refractivity contribution in [3.8, 4) is 16.9 Å². The Balaban J connectivity index is 1.91. The van der Waals surface area contributed by atoms with Gasteiger partial charge in [0.25, 0.3) is 0 Å². The van der Waals surface area contributed by atoms with Crippen LogP contribution in [0.5, 0.6) is 5.75 Å². The zero-order chi connectivity index (χ0) is 29.9. The molecule has 0 aliphatic rings. The molecular weight excluding hydrogens is 516 g/mol. The molecule has 0 aromatic heterocycles. The molecule has 6 nitrogen and oxygen atoms in total. The van der Waals surface area contributed by atoms with Crippen LogP contribution >= 0.6 is 0 Å². The average molecular weight is 567 g/mol. The van der Waals surface area contributed by atoms with E-state index in [-0.39, 0.29) is 17.6 Å². The predicted octanol–water partition coefficient (Wildman–Crippen LogP) is 9.78. The lowest BCUT2D eigenvalue weighted by Crippen LogP contribution is -2.15. The molecule has 2 aromatic rings. The van der Waals surface area contributed by atoms with Gasteiger partial charge in [0, 0.05) is 6.42 Å². The molecule has 0 amide bonds. The Kier molecular flexibility index (Phi) is 16.5. The second-order valence-corrected chi connectivity index (χ2v) is 11.1. The molecule has 0 saturated heterocycles. The Morgan fingerprint density at radius 2 is 1.29 bits per heavy atom. The van der Waals surface area contributed by atoms with Gasteiger partial charge in [-0.2, -0.15) is 0 Å². The maximum Gasteiger partial charge on any atom is 0.338 e. The van der Waals surface area contributed by atoms with Gasteiger partial charge in [-0.05, 0) is 67.6 Å². The maximum absolute atomic E-state index is 12.6. The number of benzene rings is 2. The van der Waals surface area contributed by atoms with Crippen molar-refractivity contribution in [3.05, 3.63) is 53.6 Å². The number of hydrogen-bond donors (Lipinski definition) is 1. The number of carboxylic acid groups (broad SMARTS) is 1. The fourth-order valence-corrected chi connectivity index (χ4v) is 4.91. The predicted molar refractivity (Wildman–Crippen MR) is 165 cm³/mol. The van der Waals surface area contributed by atoms with Gasteiger partial charge in [0.15, 0.2) is 0 Å². The summed E-state index contributed by atoms with van der Waals surface area (Å²) in [4.78, 5) is 36.9. The second-order valence-electron chi connectivity index (χ2n) is 11.1. The first kappa shape index (κ1) is 34.1. The van der Waals surface area contributed by atoms with Gasteiger partial charge < -0.3 is 14.6 Å². The first-order chi connectivity index (χ1) is 19.8. The smallest absolute Gasteiger partial charge is 0.338 e.